The zero-order valence-corrected chi connectivity index (χ0v) is 11.1. The number of halogens is 3. The summed E-state index contributed by atoms with van der Waals surface area (Å²) < 4.78 is 38.3. The van der Waals surface area contributed by atoms with Gasteiger partial charge < -0.3 is 5.73 Å². The summed E-state index contributed by atoms with van der Waals surface area (Å²) in [7, 11) is 0. The summed E-state index contributed by atoms with van der Waals surface area (Å²) in [6, 6.07) is 5.74. The normalized spacial score (nSPS) is 28.4. The number of hydrogen-bond acceptors (Lipinski definition) is 1. The maximum absolute atomic E-state index is 12.8. The Hall–Kier alpha value is -1.03. The van der Waals surface area contributed by atoms with Crippen molar-refractivity contribution in [2.45, 2.75) is 38.3 Å². The van der Waals surface area contributed by atoms with E-state index in [2.05, 4.69) is 6.92 Å². The van der Waals surface area contributed by atoms with Crippen LogP contribution in [0.4, 0.5) is 13.2 Å². The van der Waals surface area contributed by atoms with Gasteiger partial charge in [0.15, 0.2) is 0 Å². The van der Waals surface area contributed by atoms with E-state index in [4.69, 9.17) is 5.73 Å². The number of rotatable bonds is 2. The molecule has 1 aliphatic rings. The van der Waals surface area contributed by atoms with Gasteiger partial charge in [-0.1, -0.05) is 31.5 Å². The molecule has 1 aromatic carbocycles. The van der Waals surface area contributed by atoms with E-state index in [0.29, 0.717) is 18.4 Å². The standard InChI is InChI=1S/C15H20F3N/c1-10-5-6-12(9-19)14(7-10)11-3-2-4-13(8-11)15(16,17)18/h2-4,8,10,12,14H,5-7,9,19H2,1H3. The van der Waals surface area contributed by atoms with E-state index in [9.17, 15) is 13.2 Å². The molecule has 0 radical (unpaired) electrons. The number of hydrogen-bond donors (Lipinski definition) is 1. The van der Waals surface area contributed by atoms with Crippen molar-refractivity contribution < 1.29 is 13.2 Å². The maximum Gasteiger partial charge on any atom is 0.416 e. The van der Waals surface area contributed by atoms with Crippen LogP contribution in [-0.2, 0) is 6.18 Å². The molecule has 1 saturated carbocycles. The van der Waals surface area contributed by atoms with Gasteiger partial charge in [-0.2, -0.15) is 13.2 Å². The van der Waals surface area contributed by atoms with Crippen molar-refractivity contribution in [1.29, 1.82) is 0 Å². The van der Waals surface area contributed by atoms with Crippen molar-refractivity contribution in [3.63, 3.8) is 0 Å². The third kappa shape index (κ3) is 3.30. The summed E-state index contributed by atoms with van der Waals surface area (Å²) in [6.45, 7) is 2.71. The van der Waals surface area contributed by atoms with Crippen molar-refractivity contribution >= 4 is 0 Å². The topological polar surface area (TPSA) is 26.0 Å². The SMILES string of the molecule is CC1CCC(CN)C(c2cccc(C(F)(F)F)c2)C1. The van der Waals surface area contributed by atoms with E-state index >= 15 is 0 Å². The Morgan fingerprint density at radius 3 is 2.63 bits per heavy atom. The quantitative estimate of drug-likeness (QED) is 0.857. The molecule has 0 heterocycles. The second-order valence-corrected chi connectivity index (χ2v) is 5.64. The van der Waals surface area contributed by atoms with Crippen LogP contribution in [0.5, 0.6) is 0 Å². The Labute approximate surface area is 112 Å². The van der Waals surface area contributed by atoms with E-state index < -0.39 is 11.7 Å². The summed E-state index contributed by atoms with van der Waals surface area (Å²) in [5, 5.41) is 0. The Balaban J connectivity index is 2.29. The molecule has 106 valence electrons. The molecule has 1 nitrogen and oxygen atoms in total. The molecule has 0 aliphatic heterocycles. The minimum absolute atomic E-state index is 0.163. The first kappa shape index (κ1) is 14.4. The van der Waals surface area contributed by atoms with Crippen molar-refractivity contribution in [1.82, 2.24) is 0 Å². The smallest absolute Gasteiger partial charge is 0.330 e. The van der Waals surface area contributed by atoms with E-state index in [1.807, 2.05) is 0 Å². The van der Waals surface area contributed by atoms with Crippen LogP contribution in [0.25, 0.3) is 0 Å². The highest BCUT2D eigenvalue weighted by Crippen LogP contribution is 2.41. The summed E-state index contributed by atoms with van der Waals surface area (Å²) >= 11 is 0. The third-order valence-electron chi connectivity index (χ3n) is 4.20. The zero-order valence-electron chi connectivity index (χ0n) is 11.1. The summed E-state index contributed by atoms with van der Waals surface area (Å²) in [4.78, 5) is 0. The highest BCUT2D eigenvalue weighted by molar-refractivity contribution is 5.29. The van der Waals surface area contributed by atoms with Gasteiger partial charge in [-0.25, -0.2) is 0 Å². The minimum Gasteiger partial charge on any atom is -0.330 e. The molecule has 3 atom stereocenters. The first-order chi connectivity index (χ1) is 8.91. The molecular formula is C15H20F3N. The lowest BCUT2D eigenvalue weighted by Crippen LogP contribution is -2.28. The van der Waals surface area contributed by atoms with Gasteiger partial charge in [-0.05, 0) is 48.8 Å². The van der Waals surface area contributed by atoms with Crippen LogP contribution >= 0.6 is 0 Å². The number of alkyl halides is 3. The molecule has 0 bridgehead atoms. The molecule has 0 aromatic heterocycles. The van der Waals surface area contributed by atoms with Gasteiger partial charge in [0.05, 0.1) is 5.56 Å². The molecule has 19 heavy (non-hydrogen) atoms. The van der Waals surface area contributed by atoms with Gasteiger partial charge in [0.25, 0.3) is 0 Å². The fourth-order valence-electron chi connectivity index (χ4n) is 3.08. The highest BCUT2D eigenvalue weighted by atomic mass is 19.4. The highest BCUT2D eigenvalue weighted by Gasteiger charge is 2.33. The van der Waals surface area contributed by atoms with Gasteiger partial charge >= 0.3 is 6.18 Å². The lowest BCUT2D eigenvalue weighted by Gasteiger charge is -2.34. The Morgan fingerprint density at radius 1 is 1.26 bits per heavy atom. The fraction of sp³-hybridized carbons (Fsp3) is 0.600. The van der Waals surface area contributed by atoms with Gasteiger partial charge in [-0.15, -0.1) is 0 Å². The summed E-state index contributed by atoms with van der Waals surface area (Å²) in [6.07, 6.45) is -1.20. The zero-order chi connectivity index (χ0) is 14.0. The molecule has 1 fully saturated rings. The minimum atomic E-state index is -4.27. The van der Waals surface area contributed by atoms with Gasteiger partial charge in [0.1, 0.15) is 0 Å². The van der Waals surface area contributed by atoms with Crippen molar-refractivity contribution in [3.8, 4) is 0 Å². The summed E-state index contributed by atoms with van der Waals surface area (Å²) in [5.74, 6) is 1.03. The number of benzene rings is 1. The van der Waals surface area contributed by atoms with Gasteiger partial charge in [-0.3, -0.25) is 0 Å². The van der Waals surface area contributed by atoms with E-state index in [-0.39, 0.29) is 5.92 Å². The van der Waals surface area contributed by atoms with Crippen LogP contribution in [0.15, 0.2) is 24.3 Å². The first-order valence-electron chi connectivity index (χ1n) is 6.79. The monoisotopic (exact) mass is 271 g/mol. The molecule has 4 heteroatoms. The van der Waals surface area contributed by atoms with Gasteiger partial charge in [0, 0.05) is 0 Å². The van der Waals surface area contributed by atoms with E-state index in [0.717, 1.165) is 30.9 Å². The average molecular weight is 271 g/mol. The molecule has 2 rings (SSSR count). The van der Waals surface area contributed by atoms with Crippen LogP contribution < -0.4 is 5.73 Å². The summed E-state index contributed by atoms with van der Waals surface area (Å²) in [5.41, 5.74) is 6.01. The molecule has 0 saturated heterocycles. The molecule has 3 unspecified atom stereocenters. The van der Waals surface area contributed by atoms with Crippen molar-refractivity contribution in [2.75, 3.05) is 6.54 Å². The first-order valence-corrected chi connectivity index (χ1v) is 6.79. The van der Waals surface area contributed by atoms with Crippen molar-refractivity contribution in [2.24, 2.45) is 17.6 Å². The van der Waals surface area contributed by atoms with Gasteiger partial charge in [0.2, 0.25) is 0 Å². The fourth-order valence-corrected chi connectivity index (χ4v) is 3.08. The van der Waals surface area contributed by atoms with Crippen LogP contribution in [0.2, 0.25) is 0 Å². The molecule has 1 aromatic rings. The predicted molar refractivity (Wildman–Crippen MR) is 69.7 cm³/mol. The third-order valence-corrected chi connectivity index (χ3v) is 4.20. The number of nitrogens with two attached hydrogens (primary N) is 1. The lowest BCUT2D eigenvalue weighted by atomic mass is 9.71. The maximum atomic E-state index is 12.8. The lowest BCUT2D eigenvalue weighted by molar-refractivity contribution is -0.137. The Bertz CT molecular complexity index is 428. The van der Waals surface area contributed by atoms with E-state index in [1.165, 1.54) is 12.1 Å². The van der Waals surface area contributed by atoms with E-state index in [1.54, 1.807) is 6.07 Å². The molecule has 1 aliphatic carbocycles. The van der Waals surface area contributed by atoms with Crippen molar-refractivity contribution in [3.05, 3.63) is 35.4 Å². The average Bonchev–Trinajstić information content (AvgIpc) is 2.38. The van der Waals surface area contributed by atoms with Crippen LogP contribution in [0.3, 0.4) is 0 Å². The predicted octanol–water partition coefficient (Wildman–Crippen LogP) is 4.18. The van der Waals surface area contributed by atoms with Crippen LogP contribution in [-0.4, -0.2) is 6.54 Å². The van der Waals surface area contributed by atoms with Crippen LogP contribution in [0, 0.1) is 11.8 Å². The molecule has 0 spiro atoms. The molecule has 0 amide bonds. The largest absolute Gasteiger partial charge is 0.416 e. The van der Waals surface area contributed by atoms with Crippen LogP contribution in [0.1, 0.15) is 43.2 Å². The Kier molecular flexibility index (Phi) is 4.19. The molecular weight excluding hydrogens is 251 g/mol. The Morgan fingerprint density at radius 2 is 2.00 bits per heavy atom. The molecule has 2 N–H and O–H groups in total. The second kappa shape index (κ2) is 5.53. The second-order valence-electron chi connectivity index (χ2n) is 5.64.